The summed E-state index contributed by atoms with van der Waals surface area (Å²) in [6.45, 7) is 4.47. The average molecular weight is 285 g/mol. The van der Waals surface area contributed by atoms with E-state index in [4.69, 9.17) is 4.52 Å². The van der Waals surface area contributed by atoms with Gasteiger partial charge in [0.15, 0.2) is 0 Å². The minimum absolute atomic E-state index is 0.186. The molecule has 0 bridgehead atoms. The monoisotopic (exact) mass is 285 g/mol. The summed E-state index contributed by atoms with van der Waals surface area (Å²) < 4.78 is 4.96. The van der Waals surface area contributed by atoms with E-state index < -0.39 is 0 Å². The lowest BCUT2D eigenvalue weighted by Crippen LogP contribution is -2.30. The first-order valence-corrected chi connectivity index (χ1v) is 7.24. The molecule has 5 heteroatoms. The van der Waals surface area contributed by atoms with Crippen LogP contribution in [0.15, 0.2) is 40.9 Å². The number of amides is 1. The highest BCUT2D eigenvalue weighted by Gasteiger charge is 2.23. The van der Waals surface area contributed by atoms with Crippen LogP contribution in [0.25, 0.3) is 0 Å². The van der Waals surface area contributed by atoms with Gasteiger partial charge in [-0.1, -0.05) is 23.4 Å². The third kappa shape index (κ3) is 3.24. The molecule has 5 nitrogen and oxygen atoms in total. The first kappa shape index (κ1) is 13.7. The Hall–Kier alpha value is -2.30. The van der Waals surface area contributed by atoms with Crippen LogP contribution in [-0.2, 0) is 0 Å². The molecule has 1 unspecified atom stereocenters. The first-order chi connectivity index (χ1) is 10.2. The Morgan fingerprint density at radius 2 is 2.24 bits per heavy atom. The minimum atomic E-state index is -0.186. The number of nitrogens with zero attached hydrogens (tertiary/aromatic N) is 2. The SMILES string of the molecule is Cc1cc(C(=O)NCC2CCN(c3ccccc3)C2)on1. The molecule has 1 aliphatic rings. The Bertz CT molecular complexity index is 609. The Balaban J connectivity index is 1.50. The standard InChI is InChI=1S/C16H19N3O2/c1-12-9-15(21-18-12)16(20)17-10-13-7-8-19(11-13)14-5-3-2-4-6-14/h2-6,9,13H,7-8,10-11H2,1H3,(H,17,20). The van der Waals surface area contributed by atoms with Crippen LogP contribution in [0, 0.1) is 12.8 Å². The lowest BCUT2D eigenvalue weighted by molar-refractivity contribution is 0.0911. The van der Waals surface area contributed by atoms with E-state index in [9.17, 15) is 4.79 Å². The van der Waals surface area contributed by atoms with Crippen LogP contribution in [-0.4, -0.2) is 30.7 Å². The molecule has 3 rings (SSSR count). The van der Waals surface area contributed by atoms with Gasteiger partial charge >= 0.3 is 0 Å². The summed E-state index contributed by atoms with van der Waals surface area (Å²) in [6.07, 6.45) is 1.09. The van der Waals surface area contributed by atoms with E-state index in [0.717, 1.165) is 25.2 Å². The number of benzene rings is 1. The van der Waals surface area contributed by atoms with Crippen LogP contribution in [0.2, 0.25) is 0 Å². The molecule has 0 aliphatic carbocycles. The predicted molar refractivity (Wildman–Crippen MR) is 80.3 cm³/mol. The van der Waals surface area contributed by atoms with Gasteiger partial charge in [-0.2, -0.15) is 0 Å². The molecule has 1 fully saturated rings. The Kier molecular flexibility index (Phi) is 3.90. The smallest absolute Gasteiger partial charge is 0.289 e. The second-order valence-corrected chi connectivity index (χ2v) is 5.48. The Morgan fingerprint density at radius 3 is 2.95 bits per heavy atom. The van der Waals surface area contributed by atoms with Gasteiger partial charge in [0.25, 0.3) is 5.91 Å². The number of para-hydroxylation sites is 1. The van der Waals surface area contributed by atoms with Crippen molar-refractivity contribution in [2.75, 3.05) is 24.5 Å². The number of aromatic nitrogens is 1. The van der Waals surface area contributed by atoms with Gasteiger partial charge < -0.3 is 14.7 Å². The van der Waals surface area contributed by atoms with E-state index in [1.165, 1.54) is 5.69 Å². The van der Waals surface area contributed by atoms with Gasteiger partial charge in [0.05, 0.1) is 5.69 Å². The van der Waals surface area contributed by atoms with Gasteiger partial charge in [0.2, 0.25) is 5.76 Å². The second kappa shape index (κ2) is 5.99. The molecule has 1 aromatic heterocycles. The van der Waals surface area contributed by atoms with Gasteiger partial charge in [-0.25, -0.2) is 0 Å². The normalized spacial score (nSPS) is 18.0. The van der Waals surface area contributed by atoms with Crippen molar-refractivity contribution in [3.8, 4) is 0 Å². The van der Waals surface area contributed by atoms with Crippen molar-refractivity contribution in [1.82, 2.24) is 10.5 Å². The Morgan fingerprint density at radius 1 is 1.43 bits per heavy atom. The van der Waals surface area contributed by atoms with Gasteiger partial charge in [0, 0.05) is 31.4 Å². The summed E-state index contributed by atoms with van der Waals surface area (Å²) in [4.78, 5) is 14.3. The quantitative estimate of drug-likeness (QED) is 0.936. The highest BCUT2D eigenvalue weighted by molar-refractivity contribution is 5.91. The number of hydrogen-bond donors (Lipinski definition) is 1. The van der Waals surface area contributed by atoms with Gasteiger partial charge in [-0.05, 0) is 31.4 Å². The van der Waals surface area contributed by atoms with Crippen molar-refractivity contribution >= 4 is 11.6 Å². The molecule has 0 saturated carbocycles. The van der Waals surface area contributed by atoms with E-state index in [1.807, 2.05) is 6.07 Å². The maximum Gasteiger partial charge on any atom is 0.289 e. The fourth-order valence-electron chi connectivity index (χ4n) is 2.67. The number of anilines is 1. The largest absolute Gasteiger partial charge is 0.371 e. The maximum absolute atomic E-state index is 11.9. The minimum Gasteiger partial charge on any atom is -0.371 e. The van der Waals surface area contributed by atoms with Gasteiger partial charge in [-0.15, -0.1) is 0 Å². The summed E-state index contributed by atoms with van der Waals surface area (Å²) in [5.41, 5.74) is 1.97. The van der Waals surface area contributed by atoms with E-state index in [2.05, 4.69) is 39.6 Å². The lowest BCUT2D eigenvalue weighted by Gasteiger charge is -2.18. The number of carbonyl (C=O) groups excluding carboxylic acids is 1. The number of nitrogens with one attached hydrogen (secondary N) is 1. The molecule has 1 saturated heterocycles. The summed E-state index contributed by atoms with van der Waals surface area (Å²) >= 11 is 0. The zero-order valence-electron chi connectivity index (χ0n) is 12.1. The van der Waals surface area contributed by atoms with Crippen LogP contribution in [0.4, 0.5) is 5.69 Å². The lowest BCUT2D eigenvalue weighted by atomic mass is 10.1. The molecule has 1 amide bonds. The van der Waals surface area contributed by atoms with E-state index in [-0.39, 0.29) is 11.7 Å². The van der Waals surface area contributed by atoms with Crippen LogP contribution in [0.3, 0.4) is 0 Å². The molecule has 110 valence electrons. The molecule has 2 aromatic rings. The van der Waals surface area contributed by atoms with Crippen molar-refractivity contribution in [2.24, 2.45) is 5.92 Å². The van der Waals surface area contributed by atoms with Crippen molar-refractivity contribution in [3.63, 3.8) is 0 Å². The van der Waals surface area contributed by atoms with Crippen LogP contribution in [0.1, 0.15) is 22.7 Å². The zero-order chi connectivity index (χ0) is 14.7. The molecular formula is C16H19N3O2. The van der Waals surface area contributed by atoms with Crippen molar-refractivity contribution < 1.29 is 9.32 Å². The van der Waals surface area contributed by atoms with Crippen LogP contribution >= 0.6 is 0 Å². The fourth-order valence-corrected chi connectivity index (χ4v) is 2.67. The number of carbonyl (C=O) groups is 1. The summed E-state index contributed by atoms with van der Waals surface area (Å²) in [5, 5.41) is 6.65. The van der Waals surface area contributed by atoms with Crippen molar-refractivity contribution in [2.45, 2.75) is 13.3 Å². The van der Waals surface area contributed by atoms with E-state index in [0.29, 0.717) is 12.5 Å². The first-order valence-electron chi connectivity index (χ1n) is 7.24. The van der Waals surface area contributed by atoms with Crippen molar-refractivity contribution in [1.29, 1.82) is 0 Å². The summed E-state index contributed by atoms with van der Waals surface area (Å²) in [6, 6.07) is 12.0. The summed E-state index contributed by atoms with van der Waals surface area (Å²) in [5.74, 6) is 0.567. The second-order valence-electron chi connectivity index (χ2n) is 5.48. The molecular weight excluding hydrogens is 266 g/mol. The third-order valence-corrected chi connectivity index (χ3v) is 3.81. The average Bonchev–Trinajstić information content (AvgIpc) is 3.15. The molecule has 1 atom stereocenters. The van der Waals surface area contributed by atoms with E-state index in [1.54, 1.807) is 13.0 Å². The van der Waals surface area contributed by atoms with E-state index >= 15 is 0 Å². The Labute approximate surface area is 123 Å². The summed E-state index contributed by atoms with van der Waals surface area (Å²) in [7, 11) is 0. The molecule has 0 spiro atoms. The number of aryl methyl sites for hydroxylation is 1. The molecule has 1 aliphatic heterocycles. The van der Waals surface area contributed by atoms with Crippen LogP contribution < -0.4 is 10.2 Å². The predicted octanol–water partition coefficient (Wildman–Crippen LogP) is 2.24. The topological polar surface area (TPSA) is 58.4 Å². The van der Waals surface area contributed by atoms with Crippen LogP contribution in [0.5, 0.6) is 0 Å². The van der Waals surface area contributed by atoms with Gasteiger partial charge in [0.1, 0.15) is 0 Å². The van der Waals surface area contributed by atoms with Crippen molar-refractivity contribution in [3.05, 3.63) is 47.9 Å². The molecule has 0 radical (unpaired) electrons. The number of rotatable bonds is 4. The zero-order valence-corrected chi connectivity index (χ0v) is 12.1. The molecule has 2 heterocycles. The highest BCUT2D eigenvalue weighted by atomic mass is 16.5. The number of hydrogen-bond acceptors (Lipinski definition) is 4. The molecule has 21 heavy (non-hydrogen) atoms. The fraction of sp³-hybridized carbons (Fsp3) is 0.375. The molecule has 1 aromatic carbocycles. The third-order valence-electron chi connectivity index (χ3n) is 3.81. The molecule has 1 N–H and O–H groups in total. The highest BCUT2D eigenvalue weighted by Crippen LogP contribution is 2.22. The van der Waals surface area contributed by atoms with Gasteiger partial charge in [-0.3, -0.25) is 4.79 Å². The maximum atomic E-state index is 11.9.